The van der Waals surface area contributed by atoms with E-state index in [1.807, 2.05) is 29.5 Å². The van der Waals surface area contributed by atoms with Gasteiger partial charge in [-0.2, -0.15) is 0 Å². The van der Waals surface area contributed by atoms with E-state index < -0.39 is 5.91 Å². The summed E-state index contributed by atoms with van der Waals surface area (Å²) in [4.78, 5) is 15.8. The first-order chi connectivity index (χ1) is 11.2. The Balaban J connectivity index is 2.30. The van der Waals surface area contributed by atoms with E-state index in [0.717, 1.165) is 30.6 Å². The van der Waals surface area contributed by atoms with E-state index in [1.165, 1.54) is 6.42 Å². The molecular weight excluding hydrogens is 292 g/mol. The Bertz CT molecular complexity index is 740. The number of carbonyl (C=O) groups excluding carboxylic acids is 1. The molecule has 0 bridgehead atoms. The van der Waals surface area contributed by atoms with Gasteiger partial charge in [-0.25, -0.2) is 10.5 Å². The van der Waals surface area contributed by atoms with Crippen LogP contribution >= 0.6 is 0 Å². The van der Waals surface area contributed by atoms with E-state index in [4.69, 9.17) is 5.21 Å². The lowest BCUT2D eigenvalue weighted by atomic mass is 10.2. The number of unbranched alkanes of at least 4 members (excludes halogenated alkanes) is 3. The van der Waals surface area contributed by atoms with Crippen molar-refractivity contribution in [1.29, 1.82) is 0 Å². The Hall–Kier alpha value is -2.52. The number of imidazole rings is 1. The largest absolute Gasteiger partial charge is 0.360 e. The third-order valence-corrected chi connectivity index (χ3v) is 3.49. The van der Waals surface area contributed by atoms with Gasteiger partial charge in [0.05, 0.1) is 6.54 Å². The van der Waals surface area contributed by atoms with Crippen LogP contribution in [0.5, 0.6) is 0 Å². The van der Waals surface area contributed by atoms with Gasteiger partial charge < -0.3 is 5.32 Å². The van der Waals surface area contributed by atoms with Crippen LogP contribution in [-0.4, -0.2) is 27.0 Å². The van der Waals surface area contributed by atoms with Crippen LogP contribution in [0.25, 0.3) is 5.65 Å². The molecule has 0 aliphatic heterocycles. The Kier molecular flexibility index (Phi) is 6.01. The molecule has 6 nitrogen and oxygen atoms in total. The van der Waals surface area contributed by atoms with Gasteiger partial charge in [0.15, 0.2) is 5.69 Å². The monoisotopic (exact) mass is 314 g/mol. The SMILES string of the molecule is CCCCCC#Cc1nc2cccc(C)n2c1NCC(=O)NO. The van der Waals surface area contributed by atoms with Crippen LogP contribution in [0.3, 0.4) is 0 Å². The number of hydrogen-bond acceptors (Lipinski definition) is 4. The van der Waals surface area contributed by atoms with Gasteiger partial charge in [-0.1, -0.05) is 31.8 Å². The van der Waals surface area contributed by atoms with Gasteiger partial charge in [-0.15, -0.1) is 0 Å². The normalized spacial score (nSPS) is 10.2. The van der Waals surface area contributed by atoms with Crippen LogP contribution in [0.1, 0.15) is 44.0 Å². The first-order valence-electron chi connectivity index (χ1n) is 7.81. The number of hydroxylamine groups is 1. The molecule has 2 aromatic heterocycles. The summed E-state index contributed by atoms with van der Waals surface area (Å²) in [5, 5.41) is 11.6. The van der Waals surface area contributed by atoms with Gasteiger partial charge in [0.25, 0.3) is 5.91 Å². The highest BCUT2D eigenvalue weighted by Gasteiger charge is 2.12. The highest BCUT2D eigenvalue weighted by atomic mass is 16.5. The molecule has 0 aliphatic carbocycles. The number of fused-ring (bicyclic) bond motifs is 1. The second-order valence-electron chi connectivity index (χ2n) is 5.32. The Morgan fingerprint density at radius 1 is 1.39 bits per heavy atom. The standard InChI is InChI=1S/C17H22N4O2/c1-3-4-5-6-7-10-14-17(18-12-16(22)20-23)21-13(2)9-8-11-15(21)19-14/h8-9,11,18,23H,3-6,12H2,1-2H3,(H,20,22). The summed E-state index contributed by atoms with van der Waals surface area (Å²) in [6.45, 7) is 4.07. The molecule has 0 fully saturated rings. The number of carbonyl (C=O) groups is 1. The minimum Gasteiger partial charge on any atom is -0.360 e. The zero-order chi connectivity index (χ0) is 16.7. The topological polar surface area (TPSA) is 78.7 Å². The van der Waals surface area contributed by atoms with Gasteiger partial charge >= 0.3 is 0 Å². The average molecular weight is 314 g/mol. The van der Waals surface area contributed by atoms with E-state index in [2.05, 4.69) is 29.1 Å². The Morgan fingerprint density at radius 3 is 2.96 bits per heavy atom. The average Bonchev–Trinajstić information content (AvgIpc) is 2.91. The molecule has 0 unspecified atom stereocenters. The molecule has 0 aromatic carbocycles. The van der Waals surface area contributed by atoms with Crippen LogP contribution in [-0.2, 0) is 4.79 Å². The number of nitrogens with one attached hydrogen (secondary N) is 2. The van der Waals surface area contributed by atoms with Crippen molar-refractivity contribution in [3.8, 4) is 11.8 Å². The molecule has 0 atom stereocenters. The summed E-state index contributed by atoms with van der Waals surface area (Å²) in [5.74, 6) is 6.39. The minimum absolute atomic E-state index is 0.0524. The van der Waals surface area contributed by atoms with Crippen molar-refractivity contribution in [1.82, 2.24) is 14.9 Å². The van der Waals surface area contributed by atoms with Gasteiger partial charge in [-0.05, 0) is 31.4 Å². The first-order valence-corrected chi connectivity index (χ1v) is 7.81. The van der Waals surface area contributed by atoms with Gasteiger partial charge in [-0.3, -0.25) is 14.4 Å². The quantitative estimate of drug-likeness (QED) is 0.331. The molecule has 0 saturated carbocycles. The van der Waals surface area contributed by atoms with Gasteiger partial charge in [0.2, 0.25) is 0 Å². The number of aromatic nitrogens is 2. The molecular formula is C17H22N4O2. The molecule has 0 saturated heterocycles. The summed E-state index contributed by atoms with van der Waals surface area (Å²) in [7, 11) is 0. The van der Waals surface area contributed by atoms with Crippen LogP contribution in [0.2, 0.25) is 0 Å². The molecule has 122 valence electrons. The van der Waals surface area contributed by atoms with Crippen molar-refractivity contribution in [2.75, 3.05) is 11.9 Å². The van der Waals surface area contributed by atoms with Crippen LogP contribution in [0.15, 0.2) is 18.2 Å². The lowest BCUT2D eigenvalue weighted by Gasteiger charge is -2.07. The summed E-state index contributed by atoms with van der Waals surface area (Å²) < 4.78 is 1.92. The molecule has 0 radical (unpaired) electrons. The summed E-state index contributed by atoms with van der Waals surface area (Å²) in [6, 6.07) is 5.79. The number of anilines is 1. The third kappa shape index (κ3) is 4.24. The van der Waals surface area contributed by atoms with Gasteiger partial charge in [0, 0.05) is 12.1 Å². The molecule has 2 heterocycles. The summed E-state index contributed by atoms with van der Waals surface area (Å²) in [5.41, 5.74) is 3.98. The highest BCUT2D eigenvalue weighted by Crippen LogP contribution is 2.19. The maximum absolute atomic E-state index is 11.3. The predicted molar refractivity (Wildman–Crippen MR) is 89.4 cm³/mol. The summed E-state index contributed by atoms with van der Waals surface area (Å²) in [6.07, 6.45) is 4.24. The molecule has 0 aliphatic rings. The third-order valence-electron chi connectivity index (χ3n) is 3.49. The van der Waals surface area contributed by atoms with E-state index in [0.29, 0.717) is 11.5 Å². The summed E-state index contributed by atoms with van der Waals surface area (Å²) >= 11 is 0. The fourth-order valence-electron chi connectivity index (χ4n) is 2.32. The maximum Gasteiger partial charge on any atom is 0.262 e. The smallest absolute Gasteiger partial charge is 0.262 e. The molecule has 2 rings (SSSR count). The molecule has 1 amide bonds. The van der Waals surface area contributed by atoms with E-state index in [1.54, 1.807) is 5.48 Å². The maximum atomic E-state index is 11.3. The number of pyridine rings is 1. The minimum atomic E-state index is -0.518. The van der Waals surface area contributed by atoms with Crippen molar-refractivity contribution in [2.24, 2.45) is 0 Å². The van der Waals surface area contributed by atoms with E-state index in [-0.39, 0.29) is 6.54 Å². The van der Waals surface area contributed by atoms with Crippen molar-refractivity contribution in [2.45, 2.75) is 39.5 Å². The predicted octanol–water partition coefficient (Wildman–Crippen LogP) is 2.49. The van der Waals surface area contributed by atoms with Crippen LogP contribution in [0.4, 0.5) is 5.82 Å². The van der Waals surface area contributed by atoms with Crippen molar-refractivity contribution >= 4 is 17.4 Å². The lowest BCUT2D eigenvalue weighted by molar-refractivity contribution is -0.127. The Labute approximate surface area is 135 Å². The number of nitrogens with zero attached hydrogens (tertiary/aromatic N) is 2. The number of rotatable bonds is 6. The zero-order valence-corrected chi connectivity index (χ0v) is 13.5. The molecule has 0 spiro atoms. The van der Waals surface area contributed by atoms with Crippen molar-refractivity contribution < 1.29 is 10.0 Å². The van der Waals surface area contributed by atoms with Crippen molar-refractivity contribution in [3.63, 3.8) is 0 Å². The lowest BCUT2D eigenvalue weighted by Crippen LogP contribution is -2.27. The van der Waals surface area contributed by atoms with Crippen LogP contribution < -0.4 is 10.8 Å². The number of amides is 1. The second-order valence-corrected chi connectivity index (χ2v) is 5.32. The molecule has 2 aromatic rings. The highest BCUT2D eigenvalue weighted by molar-refractivity contribution is 5.80. The molecule has 23 heavy (non-hydrogen) atoms. The second kappa shape index (κ2) is 8.20. The van der Waals surface area contributed by atoms with Crippen molar-refractivity contribution in [3.05, 3.63) is 29.6 Å². The first kappa shape index (κ1) is 16.8. The molecule has 3 N–H and O–H groups in total. The Morgan fingerprint density at radius 2 is 2.22 bits per heavy atom. The fraction of sp³-hybridized carbons (Fsp3) is 0.412. The fourth-order valence-corrected chi connectivity index (χ4v) is 2.32. The van der Waals surface area contributed by atoms with E-state index in [9.17, 15) is 4.79 Å². The molecule has 6 heteroatoms. The zero-order valence-electron chi connectivity index (χ0n) is 13.5. The van der Waals surface area contributed by atoms with Crippen LogP contribution in [0, 0.1) is 18.8 Å². The number of hydrogen-bond donors (Lipinski definition) is 3. The van der Waals surface area contributed by atoms with E-state index >= 15 is 0 Å². The van der Waals surface area contributed by atoms with Gasteiger partial charge in [0.1, 0.15) is 11.5 Å². The number of aryl methyl sites for hydroxylation is 1.